The van der Waals surface area contributed by atoms with Gasteiger partial charge in [0.25, 0.3) is 0 Å². The summed E-state index contributed by atoms with van der Waals surface area (Å²) in [5.74, 6) is -1.62. The Morgan fingerprint density at radius 1 is 1.36 bits per heavy atom. The van der Waals surface area contributed by atoms with E-state index in [9.17, 15) is 8.78 Å². The lowest BCUT2D eigenvalue weighted by atomic mass is 9.95. The van der Waals surface area contributed by atoms with Crippen LogP contribution in [0.1, 0.15) is 11.1 Å². The monoisotopic (exact) mass is 152 g/mol. The van der Waals surface area contributed by atoms with Crippen molar-refractivity contribution in [2.75, 3.05) is 0 Å². The predicted molar refractivity (Wildman–Crippen MR) is 40.6 cm³/mol. The lowest BCUT2D eigenvalue weighted by Crippen LogP contribution is -1.93. The molecular weight excluding hydrogens is 145 g/mol. The molecule has 0 unspecified atom stereocenters. The highest BCUT2D eigenvalue weighted by Gasteiger charge is 2.05. The predicted octanol–water partition coefficient (Wildman–Crippen LogP) is 1.94. The van der Waals surface area contributed by atoms with Crippen LogP contribution in [0.4, 0.5) is 8.78 Å². The summed E-state index contributed by atoms with van der Waals surface area (Å²) in [5.41, 5.74) is 0.909. The van der Waals surface area contributed by atoms with Crippen molar-refractivity contribution < 1.29 is 8.78 Å². The van der Waals surface area contributed by atoms with Gasteiger partial charge in [-0.25, -0.2) is 8.78 Å². The highest BCUT2D eigenvalue weighted by Crippen LogP contribution is 2.13. The third-order valence-corrected chi connectivity index (χ3v) is 1.51. The molecule has 0 saturated carbocycles. The van der Waals surface area contributed by atoms with Gasteiger partial charge in [0.2, 0.25) is 0 Å². The summed E-state index contributed by atoms with van der Waals surface area (Å²) in [6.07, 6.45) is 0.234. The third kappa shape index (κ3) is 1.59. The van der Waals surface area contributed by atoms with Crippen molar-refractivity contribution >= 4 is 7.85 Å². The van der Waals surface area contributed by atoms with Crippen LogP contribution in [0.25, 0.3) is 0 Å². The minimum absolute atomic E-state index is 0.234. The highest BCUT2D eigenvalue weighted by molar-refractivity contribution is 6.08. The van der Waals surface area contributed by atoms with Crippen molar-refractivity contribution in [3.05, 3.63) is 34.9 Å². The molecule has 0 saturated heterocycles. The minimum Gasteiger partial charge on any atom is -0.204 e. The van der Waals surface area contributed by atoms with Crippen molar-refractivity contribution in [3.8, 4) is 0 Å². The molecule has 0 aliphatic heterocycles. The first-order valence-corrected chi connectivity index (χ1v) is 3.29. The Morgan fingerprint density at radius 3 is 2.45 bits per heavy atom. The first kappa shape index (κ1) is 8.24. The number of benzene rings is 1. The average molecular weight is 152 g/mol. The lowest BCUT2D eigenvalue weighted by Gasteiger charge is -2.01. The summed E-state index contributed by atoms with van der Waals surface area (Å²) < 4.78 is 25.2. The molecule has 0 heterocycles. The van der Waals surface area contributed by atoms with Gasteiger partial charge in [0.15, 0.2) is 11.6 Å². The fourth-order valence-electron chi connectivity index (χ4n) is 0.915. The molecule has 1 aromatic rings. The van der Waals surface area contributed by atoms with Crippen LogP contribution in [0.5, 0.6) is 0 Å². The number of aryl methyl sites for hydroxylation is 1. The molecule has 0 bridgehead atoms. The Morgan fingerprint density at radius 2 is 2.00 bits per heavy atom. The standard InChI is InChI=1S/C8H7BF2/c1-5-2-6(4-9)3-7(10)8(5)11/h2-3H,4H2,1H3. The van der Waals surface area contributed by atoms with E-state index < -0.39 is 11.6 Å². The number of rotatable bonds is 1. The second-order valence-corrected chi connectivity index (χ2v) is 2.41. The van der Waals surface area contributed by atoms with Gasteiger partial charge in [-0.2, -0.15) is 0 Å². The molecule has 0 aliphatic carbocycles. The van der Waals surface area contributed by atoms with Gasteiger partial charge < -0.3 is 0 Å². The van der Waals surface area contributed by atoms with Crippen LogP contribution in [-0.4, -0.2) is 7.85 Å². The summed E-state index contributed by atoms with van der Waals surface area (Å²) in [4.78, 5) is 0. The number of halogens is 2. The summed E-state index contributed by atoms with van der Waals surface area (Å²) in [6, 6.07) is 2.65. The van der Waals surface area contributed by atoms with Crippen LogP contribution in [0.2, 0.25) is 0 Å². The highest BCUT2D eigenvalue weighted by atomic mass is 19.2. The van der Waals surface area contributed by atoms with E-state index in [-0.39, 0.29) is 6.32 Å². The molecule has 0 nitrogen and oxygen atoms in total. The zero-order valence-corrected chi connectivity index (χ0v) is 6.20. The quantitative estimate of drug-likeness (QED) is 0.539. The Balaban J connectivity index is 3.21. The third-order valence-electron chi connectivity index (χ3n) is 1.51. The Kier molecular flexibility index (Phi) is 2.27. The van der Waals surface area contributed by atoms with Crippen molar-refractivity contribution in [1.29, 1.82) is 0 Å². The van der Waals surface area contributed by atoms with Gasteiger partial charge in [-0.3, -0.25) is 0 Å². The van der Waals surface area contributed by atoms with Gasteiger partial charge in [0.05, 0.1) is 7.85 Å². The molecule has 0 spiro atoms. The molecule has 0 aliphatic rings. The first-order valence-electron chi connectivity index (χ1n) is 3.29. The fraction of sp³-hybridized carbons (Fsp3) is 0.250. The van der Waals surface area contributed by atoms with Crippen molar-refractivity contribution in [2.45, 2.75) is 13.2 Å². The molecule has 0 atom stereocenters. The summed E-state index contributed by atoms with van der Waals surface area (Å²) in [5, 5.41) is 0. The smallest absolute Gasteiger partial charge is 0.161 e. The SMILES string of the molecule is [B]Cc1cc(C)c(F)c(F)c1. The number of hydrogen-bond donors (Lipinski definition) is 0. The van der Waals surface area contributed by atoms with Crippen LogP contribution in [0.3, 0.4) is 0 Å². The van der Waals surface area contributed by atoms with Gasteiger partial charge in [-0.1, -0.05) is 17.9 Å². The van der Waals surface area contributed by atoms with Crippen LogP contribution < -0.4 is 0 Å². The molecule has 1 rings (SSSR count). The van der Waals surface area contributed by atoms with Crippen LogP contribution in [-0.2, 0) is 6.32 Å². The molecule has 0 N–H and O–H groups in total. The largest absolute Gasteiger partial charge is 0.204 e. The Labute approximate surface area is 65.6 Å². The zero-order chi connectivity index (χ0) is 8.43. The van der Waals surface area contributed by atoms with Crippen molar-refractivity contribution in [1.82, 2.24) is 0 Å². The summed E-state index contributed by atoms with van der Waals surface area (Å²) in [6.45, 7) is 1.51. The van der Waals surface area contributed by atoms with E-state index in [0.29, 0.717) is 11.1 Å². The summed E-state index contributed by atoms with van der Waals surface area (Å²) in [7, 11) is 5.25. The molecule has 3 heteroatoms. The molecule has 1 aromatic carbocycles. The van der Waals surface area contributed by atoms with E-state index in [1.807, 2.05) is 0 Å². The second-order valence-electron chi connectivity index (χ2n) is 2.41. The molecule has 0 fully saturated rings. The lowest BCUT2D eigenvalue weighted by molar-refractivity contribution is 0.502. The normalized spacial score (nSPS) is 10.1. The van der Waals surface area contributed by atoms with Gasteiger partial charge in [-0.15, -0.1) is 0 Å². The topological polar surface area (TPSA) is 0 Å². The van der Waals surface area contributed by atoms with Gasteiger partial charge in [0, 0.05) is 0 Å². The van der Waals surface area contributed by atoms with E-state index in [2.05, 4.69) is 0 Å². The Bertz CT molecular complexity index is 248. The van der Waals surface area contributed by atoms with Crippen LogP contribution in [0, 0.1) is 18.6 Å². The molecule has 2 radical (unpaired) electrons. The van der Waals surface area contributed by atoms with E-state index in [4.69, 9.17) is 7.85 Å². The van der Waals surface area contributed by atoms with E-state index in [0.717, 1.165) is 6.07 Å². The van der Waals surface area contributed by atoms with Crippen molar-refractivity contribution in [3.63, 3.8) is 0 Å². The second kappa shape index (κ2) is 3.03. The van der Waals surface area contributed by atoms with Crippen LogP contribution in [0.15, 0.2) is 12.1 Å². The van der Waals surface area contributed by atoms with Crippen LogP contribution >= 0.6 is 0 Å². The fourth-order valence-corrected chi connectivity index (χ4v) is 0.915. The van der Waals surface area contributed by atoms with Crippen molar-refractivity contribution in [2.24, 2.45) is 0 Å². The van der Waals surface area contributed by atoms with E-state index in [1.54, 1.807) is 6.07 Å². The number of hydrogen-bond acceptors (Lipinski definition) is 0. The van der Waals surface area contributed by atoms with E-state index in [1.165, 1.54) is 6.92 Å². The summed E-state index contributed by atoms with van der Waals surface area (Å²) >= 11 is 0. The maximum absolute atomic E-state index is 12.6. The van der Waals surface area contributed by atoms with Gasteiger partial charge in [0.1, 0.15) is 0 Å². The molecule has 11 heavy (non-hydrogen) atoms. The maximum Gasteiger partial charge on any atom is 0.161 e. The van der Waals surface area contributed by atoms with E-state index >= 15 is 0 Å². The Hall–Kier alpha value is -0.855. The maximum atomic E-state index is 12.6. The average Bonchev–Trinajstić information content (AvgIpc) is 1.99. The molecule has 0 aromatic heterocycles. The molecular formula is C8H7BF2. The minimum atomic E-state index is -0.828. The molecule has 56 valence electrons. The molecule has 0 amide bonds. The zero-order valence-electron chi connectivity index (χ0n) is 6.20. The first-order chi connectivity index (χ1) is 5.15. The van der Waals surface area contributed by atoms with Gasteiger partial charge >= 0.3 is 0 Å². The van der Waals surface area contributed by atoms with Gasteiger partial charge in [-0.05, 0) is 18.6 Å².